The van der Waals surface area contributed by atoms with Gasteiger partial charge in [-0.2, -0.15) is 0 Å². The highest BCUT2D eigenvalue weighted by atomic mass is 16.3. The lowest BCUT2D eigenvalue weighted by Crippen LogP contribution is -2.15. The summed E-state index contributed by atoms with van der Waals surface area (Å²) in [6.45, 7) is 2.06. The average Bonchev–Trinajstić information content (AvgIpc) is 2.64. The molecule has 1 heteroatoms. The lowest BCUT2D eigenvalue weighted by Gasteiger charge is -2.20. The van der Waals surface area contributed by atoms with E-state index < -0.39 is 0 Å². The highest BCUT2D eigenvalue weighted by Crippen LogP contribution is 2.45. The van der Waals surface area contributed by atoms with E-state index in [-0.39, 0.29) is 6.10 Å². The van der Waals surface area contributed by atoms with Gasteiger partial charge in [0.15, 0.2) is 0 Å². The van der Waals surface area contributed by atoms with Crippen LogP contribution in [-0.4, -0.2) is 11.2 Å². The Labute approximate surface area is 74.5 Å². The van der Waals surface area contributed by atoms with E-state index in [4.69, 9.17) is 0 Å². The Kier molecular flexibility index (Phi) is 2.22. The summed E-state index contributed by atoms with van der Waals surface area (Å²) in [5.74, 6) is 2.44. The van der Waals surface area contributed by atoms with Crippen LogP contribution in [0.5, 0.6) is 0 Å². The molecule has 0 heterocycles. The Hall–Kier alpha value is -0.300. The largest absolute Gasteiger partial charge is 0.393 e. The summed E-state index contributed by atoms with van der Waals surface area (Å²) in [6.07, 6.45) is 9.31. The minimum atomic E-state index is -0.0530. The summed E-state index contributed by atoms with van der Waals surface area (Å²) in [4.78, 5) is 0. The van der Waals surface area contributed by atoms with Crippen molar-refractivity contribution < 1.29 is 5.11 Å². The molecule has 0 amide bonds. The summed E-state index contributed by atoms with van der Waals surface area (Å²) in [5.41, 5.74) is 0. The molecule has 2 bridgehead atoms. The highest BCUT2D eigenvalue weighted by molar-refractivity contribution is 5.10. The minimum absolute atomic E-state index is 0.0530. The van der Waals surface area contributed by atoms with Crippen molar-refractivity contribution in [3.63, 3.8) is 0 Å². The first-order valence-electron chi connectivity index (χ1n) is 5.16. The summed E-state index contributed by atoms with van der Waals surface area (Å²) in [6, 6.07) is 0. The van der Waals surface area contributed by atoms with Crippen LogP contribution in [0, 0.1) is 17.8 Å². The quantitative estimate of drug-likeness (QED) is 0.638. The third-order valence-electron chi connectivity index (χ3n) is 3.46. The molecule has 2 aliphatic carbocycles. The molecule has 1 fully saturated rings. The summed E-state index contributed by atoms with van der Waals surface area (Å²) >= 11 is 0. The van der Waals surface area contributed by atoms with E-state index in [1.165, 1.54) is 12.8 Å². The predicted octanol–water partition coefficient (Wildman–Crippen LogP) is 2.36. The maximum absolute atomic E-state index is 9.52. The van der Waals surface area contributed by atoms with Crippen LogP contribution in [0.2, 0.25) is 0 Å². The van der Waals surface area contributed by atoms with E-state index in [0.29, 0.717) is 0 Å². The van der Waals surface area contributed by atoms with Crippen molar-refractivity contribution in [1.29, 1.82) is 0 Å². The van der Waals surface area contributed by atoms with E-state index in [9.17, 15) is 5.11 Å². The Morgan fingerprint density at radius 3 is 2.75 bits per heavy atom. The molecule has 0 saturated heterocycles. The van der Waals surface area contributed by atoms with Gasteiger partial charge in [-0.3, -0.25) is 0 Å². The van der Waals surface area contributed by atoms with E-state index in [1.54, 1.807) is 0 Å². The van der Waals surface area contributed by atoms with Gasteiger partial charge in [-0.15, -0.1) is 0 Å². The van der Waals surface area contributed by atoms with Crippen molar-refractivity contribution in [2.75, 3.05) is 0 Å². The molecular formula is C11H18O. The molecule has 1 N–H and O–H groups in total. The Morgan fingerprint density at radius 2 is 2.25 bits per heavy atom. The van der Waals surface area contributed by atoms with Gasteiger partial charge in [0.05, 0.1) is 6.10 Å². The van der Waals surface area contributed by atoms with Gasteiger partial charge in [-0.1, -0.05) is 19.1 Å². The number of aliphatic hydroxyl groups excluding tert-OH is 1. The summed E-state index contributed by atoms with van der Waals surface area (Å²) < 4.78 is 0. The maximum Gasteiger partial charge on any atom is 0.0540 e. The molecule has 1 saturated carbocycles. The fourth-order valence-electron chi connectivity index (χ4n) is 2.68. The normalized spacial score (nSPS) is 40.7. The fraction of sp³-hybridized carbons (Fsp3) is 0.818. The zero-order valence-electron chi connectivity index (χ0n) is 7.74. The lowest BCUT2D eigenvalue weighted by molar-refractivity contribution is 0.131. The second kappa shape index (κ2) is 3.21. The molecule has 4 atom stereocenters. The van der Waals surface area contributed by atoms with Gasteiger partial charge in [-0.05, 0) is 43.4 Å². The number of fused-ring (bicyclic) bond motifs is 2. The molecule has 12 heavy (non-hydrogen) atoms. The first kappa shape index (κ1) is 8.31. The molecule has 68 valence electrons. The van der Waals surface area contributed by atoms with E-state index in [0.717, 1.165) is 30.6 Å². The van der Waals surface area contributed by atoms with Crippen molar-refractivity contribution in [2.45, 2.75) is 38.7 Å². The van der Waals surface area contributed by atoms with Crippen LogP contribution >= 0.6 is 0 Å². The molecule has 2 rings (SSSR count). The Balaban J connectivity index is 1.87. The van der Waals surface area contributed by atoms with Crippen LogP contribution in [0.3, 0.4) is 0 Å². The van der Waals surface area contributed by atoms with Crippen molar-refractivity contribution in [3.05, 3.63) is 12.2 Å². The molecule has 1 nitrogen and oxygen atoms in total. The summed E-state index contributed by atoms with van der Waals surface area (Å²) in [5, 5.41) is 9.52. The van der Waals surface area contributed by atoms with Gasteiger partial charge in [-0.25, -0.2) is 0 Å². The number of rotatable bonds is 3. The van der Waals surface area contributed by atoms with Crippen molar-refractivity contribution in [2.24, 2.45) is 17.8 Å². The lowest BCUT2D eigenvalue weighted by atomic mass is 9.88. The van der Waals surface area contributed by atoms with Crippen LogP contribution in [0.15, 0.2) is 12.2 Å². The minimum Gasteiger partial charge on any atom is -0.393 e. The molecule has 0 aromatic rings. The molecule has 2 aliphatic rings. The van der Waals surface area contributed by atoms with Crippen LogP contribution in [-0.2, 0) is 0 Å². The van der Waals surface area contributed by atoms with Gasteiger partial charge in [0.2, 0.25) is 0 Å². The topological polar surface area (TPSA) is 20.2 Å². The number of aliphatic hydroxyl groups is 1. The van der Waals surface area contributed by atoms with Crippen LogP contribution < -0.4 is 0 Å². The van der Waals surface area contributed by atoms with Crippen LogP contribution in [0.25, 0.3) is 0 Å². The zero-order chi connectivity index (χ0) is 8.55. The Morgan fingerprint density at radius 1 is 1.42 bits per heavy atom. The summed E-state index contributed by atoms with van der Waals surface area (Å²) in [7, 11) is 0. The molecule has 0 aromatic heterocycles. The third kappa shape index (κ3) is 1.42. The number of hydrogen-bond donors (Lipinski definition) is 1. The monoisotopic (exact) mass is 166 g/mol. The van der Waals surface area contributed by atoms with Gasteiger partial charge in [0.1, 0.15) is 0 Å². The predicted molar refractivity (Wildman–Crippen MR) is 49.8 cm³/mol. The van der Waals surface area contributed by atoms with E-state index in [1.807, 2.05) is 0 Å². The molecule has 0 radical (unpaired) electrons. The highest BCUT2D eigenvalue weighted by Gasteiger charge is 2.35. The second-order valence-corrected chi connectivity index (χ2v) is 4.34. The molecule has 4 unspecified atom stereocenters. The van der Waals surface area contributed by atoms with E-state index in [2.05, 4.69) is 19.1 Å². The standard InChI is InChI=1S/C11H18O/c1-2-11(12)7-10-6-8-3-4-9(10)5-8/h3-4,8-12H,2,5-7H2,1H3. The molecular weight excluding hydrogens is 148 g/mol. The van der Waals surface area contributed by atoms with Crippen LogP contribution in [0.1, 0.15) is 32.6 Å². The average molecular weight is 166 g/mol. The maximum atomic E-state index is 9.52. The smallest absolute Gasteiger partial charge is 0.0540 e. The molecule has 0 spiro atoms. The van der Waals surface area contributed by atoms with Crippen molar-refractivity contribution in [3.8, 4) is 0 Å². The zero-order valence-corrected chi connectivity index (χ0v) is 7.74. The van der Waals surface area contributed by atoms with Crippen LogP contribution in [0.4, 0.5) is 0 Å². The SMILES string of the molecule is CCC(O)CC1CC2C=CC1C2. The van der Waals surface area contributed by atoms with E-state index >= 15 is 0 Å². The van der Waals surface area contributed by atoms with Gasteiger partial charge in [0, 0.05) is 0 Å². The number of allylic oxidation sites excluding steroid dienone is 2. The van der Waals surface area contributed by atoms with Gasteiger partial charge < -0.3 is 5.11 Å². The molecule has 0 aliphatic heterocycles. The second-order valence-electron chi connectivity index (χ2n) is 4.34. The van der Waals surface area contributed by atoms with Crippen molar-refractivity contribution in [1.82, 2.24) is 0 Å². The third-order valence-corrected chi connectivity index (χ3v) is 3.46. The van der Waals surface area contributed by atoms with Gasteiger partial charge in [0.25, 0.3) is 0 Å². The van der Waals surface area contributed by atoms with Crippen molar-refractivity contribution >= 4 is 0 Å². The Bertz CT molecular complexity index is 185. The number of hydrogen-bond acceptors (Lipinski definition) is 1. The first-order valence-corrected chi connectivity index (χ1v) is 5.16. The molecule has 0 aromatic carbocycles. The fourth-order valence-corrected chi connectivity index (χ4v) is 2.68. The van der Waals surface area contributed by atoms with Gasteiger partial charge >= 0.3 is 0 Å². The first-order chi connectivity index (χ1) is 5.79.